The van der Waals surface area contributed by atoms with Gasteiger partial charge < -0.3 is 20.4 Å². The number of hydrogen-bond donors (Lipinski definition) is 2. The molecule has 138 valence electrons. The lowest BCUT2D eigenvalue weighted by atomic mass is 9.88. The summed E-state index contributed by atoms with van der Waals surface area (Å²) in [5, 5.41) is 0. The molecule has 0 aliphatic heterocycles. The Morgan fingerprint density at radius 2 is 2.19 bits per heavy atom. The van der Waals surface area contributed by atoms with Gasteiger partial charge in [-0.3, -0.25) is 4.79 Å². The van der Waals surface area contributed by atoms with Crippen molar-refractivity contribution in [2.75, 3.05) is 20.2 Å². The third-order valence-electron chi connectivity index (χ3n) is 5.86. The first kappa shape index (κ1) is 17.1. The van der Waals surface area contributed by atoms with Crippen LogP contribution in [0.5, 0.6) is 5.75 Å². The number of aromatic amines is 1. The number of nitrogens with zero attached hydrogens (tertiary/aromatic N) is 2. The van der Waals surface area contributed by atoms with E-state index in [4.69, 9.17) is 10.5 Å². The van der Waals surface area contributed by atoms with Crippen molar-refractivity contribution >= 4 is 16.9 Å². The molecule has 0 saturated heterocycles. The predicted molar refractivity (Wildman–Crippen MR) is 101 cm³/mol. The van der Waals surface area contributed by atoms with Gasteiger partial charge in [-0.1, -0.05) is 12.2 Å². The fourth-order valence-electron chi connectivity index (χ4n) is 4.37. The Hall–Kier alpha value is -2.34. The van der Waals surface area contributed by atoms with Crippen LogP contribution in [-0.4, -0.2) is 47.0 Å². The minimum Gasteiger partial charge on any atom is -0.497 e. The molecule has 1 saturated carbocycles. The molecular formula is C20H26N4O2. The summed E-state index contributed by atoms with van der Waals surface area (Å²) in [6, 6.07) is 5.75. The molecule has 0 radical (unpaired) electrons. The molecule has 1 aromatic heterocycles. The molecule has 6 nitrogen and oxygen atoms in total. The minimum atomic E-state index is -0.0649. The number of nitrogens with two attached hydrogens (primary N) is 1. The molecule has 4 rings (SSSR count). The Morgan fingerprint density at radius 3 is 2.88 bits per heavy atom. The summed E-state index contributed by atoms with van der Waals surface area (Å²) in [4.78, 5) is 22.9. The molecule has 4 atom stereocenters. The van der Waals surface area contributed by atoms with Crippen LogP contribution in [-0.2, 0) is 11.2 Å². The van der Waals surface area contributed by atoms with Gasteiger partial charge in [-0.2, -0.15) is 0 Å². The summed E-state index contributed by atoms with van der Waals surface area (Å²) < 4.78 is 5.25. The van der Waals surface area contributed by atoms with Gasteiger partial charge in [0, 0.05) is 31.6 Å². The van der Waals surface area contributed by atoms with Crippen molar-refractivity contribution in [1.29, 1.82) is 0 Å². The average molecular weight is 354 g/mol. The Bertz CT molecular complexity index is 843. The minimum absolute atomic E-state index is 0.0368. The summed E-state index contributed by atoms with van der Waals surface area (Å²) in [6.07, 6.45) is 6.08. The SMILES string of the molecule is CCN(CCc1nc2ccc(OC)cc2[nH]1)C(=O)[C@H]1[C@@H](N)[C@H]2C=C[C@@H]1C2. The van der Waals surface area contributed by atoms with Gasteiger partial charge in [-0.25, -0.2) is 4.98 Å². The molecule has 3 N–H and O–H groups in total. The van der Waals surface area contributed by atoms with Crippen LogP contribution in [0.3, 0.4) is 0 Å². The summed E-state index contributed by atoms with van der Waals surface area (Å²) in [5.41, 5.74) is 8.18. The van der Waals surface area contributed by atoms with Crippen LogP contribution in [0.15, 0.2) is 30.4 Å². The summed E-state index contributed by atoms with van der Waals surface area (Å²) in [7, 11) is 1.65. The van der Waals surface area contributed by atoms with E-state index >= 15 is 0 Å². The van der Waals surface area contributed by atoms with Crippen LogP contribution >= 0.6 is 0 Å². The van der Waals surface area contributed by atoms with E-state index in [1.54, 1.807) is 7.11 Å². The highest BCUT2D eigenvalue weighted by molar-refractivity contribution is 5.81. The van der Waals surface area contributed by atoms with E-state index in [-0.39, 0.29) is 17.9 Å². The number of carbonyl (C=O) groups is 1. The maximum Gasteiger partial charge on any atom is 0.227 e. The maximum absolute atomic E-state index is 13.0. The number of allylic oxidation sites excluding steroid dienone is 1. The molecule has 2 aliphatic carbocycles. The molecular weight excluding hydrogens is 328 g/mol. The Balaban J connectivity index is 1.44. The first-order valence-corrected chi connectivity index (χ1v) is 9.36. The molecule has 6 heteroatoms. The number of benzene rings is 1. The van der Waals surface area contributed by atoms with E-state index < -0.39 is 0 Å². The van der Waals surface area contributed by atoms with Gasteiger partial charge in [0.05, 0.1) is 24.1 Å². The molecule has 2 aromatic rings. The smallest absolute Gasteiger partial charge is 0.227 e. The predicted octanol–water partition coefficient (Wildman–Crippen LogP) is 2.11. The standard InChI is InChI=1S/C20H26N4O2/c1-3-24(20(25)18-12-4-5-13(10-12)19(18)21)9-8-17-22-15-7-6-14(26-2)11-16(15)23-17/h4-7,11-13,18-19H,3,8-10,21H2,1-2H3,(H,22,23)/t12-,13+,18-,19+/m1/s1. The summed E-state index contributed by atoms with van der Waals surface area (Å²) in [5.74, 6) is 2.50. The number of aromatic nitrogens is 2. The van der Waals surface area contributed by atoms with Crippen LogP contribution < -0.4 is 10.5 Å². The summed E-state index contributed by atoms with van der Waals surface area (Å²) in [6.45, 7) is 3.36. The molecule has 1 fully saturated rings. The number of amides is 1. The number of methoxy groups -OCH3 is 1. The maximum atomic E-state index is 13.0. The lowest BCUT2D eigenvalue weighted by Gasteiger charge is -2.30. The van der Waals surface area contributed by atoms with Crippen molar-refractivity contribution in [3.8, 4) is 5.75 Å². The highest BCUT2D eigenvalue weighted by Crippen LogP contribution is 2.43. The van der Waals surface area contributed by atoms with Gasteiger partial charge in [-0.15, -0.1) is 0 Å². The van der Waals surface area contributed by atoms with Crippen LogP contribution in [0.2, 0.25) is 0 Å². The Labute approximate surface area is 153 Å². The van der Waals surface area contributed by atoms with Crippen molar-refractivity contribution < 1.29 is 9.53 Å². The van der Waals surface area contributed by atoms with E-state index in [2.05, 4.69) is 22.1 Å². The third kappa shape index (κ3) is 2.88. The number of likely N-dealkylation sites (N-methyl/N-ethyl adjacent to an activating group) is 1. The van der Waals surface area contributed by atoms with Crippen molar-refractivity contribution in [3.05, 3.63) is 36.2 Å². The van der Waals surface area contributed by atoms with Crippen molar-refractivity contribution in [2.45, 2.75) is 25.8 Å². The number of ether oxygens (including phenoxy) is 1. The zero-order valence-electron chi connectivity index (χ0n) is 15.3. The number of imidazole rings is 1. The quantitative estimate of drug-likeness (QED) is 0.778. The lowest BCUT2D eigenvalue weighted by Crippen LogP contribution is -2.46. The second kappa shape index (κ2) is 6.76. The molecule has 2 aliphatic rings. The van der Waals surface area contributed by atoms with Crippen LogP contribution in [0.1, 0.15) is 19.2 Å². The monoisotopic (exact) mass is 354 g/mol. The Kier molecular flexibility index (Phi) is 4.44. The average Bonchev–Trinajstić information content (AvgIpc) is 3.35. The van der Waals surface area contributed by atoms with Gasteiger partial charge in [0.25, 0.3) is 0 Å². The van der Waals surface area contributed by atoms with E-state index in [0.717, 1.165) is 29.0 Å². The number of rotatable bonds is 6. The lowest BCUT2D eigenvalue weighted by molar-refractivity contribution is -0.136. The topological polar surface area (TPSA) is 84.2 Å². The summed E-state index contributed by atoms with van der Waals surface area (Å²) >= 11 is 0. The van der Waals surface area contributed by atoms with Crippen molar-refractivity contribution in [1.82, 2.24) is 14.9 Å². The zero-order valence-corrected chi connectivity index (χ0v) is 15.3. The molecule has 2 bridgehead atoms. The van der Waals surface area contributed by atoms with Crippen LogP contribution in [0, 0.1) is 17.8 Å². The second-order valence-corrected chi connectivity index (χ2v) is 7.29. The molecule has 1 amide bonds. The normalized spacial score (nSPS) is 26.6. The molecule has 0 spiro atoms. The third-order valence-corrected chi connectivity index (χ3v) is 5.86. The zero-order chi connectivity index (χ0) is 18.3. The highest BCUT2D eigenvalue weighted by Gasteiger charge is 2.47. The van der Waals surface area contributed by atoms with Crippen molar-refractivity contribution in [3.63, 3.8) is 0 Å². The van der Waals surface area contributed by atoms with Crippen LogP contribution in [0.25, 0.3) is 11.0 Å². The van der Waals surface area contributed by atoms with Gasteiger partial charge in [0.2, 0.25) is 5.91 Å². The van der Waals surface area contributed by atoms with E-state index in [1.807, 2.05) is 30.0 Å². The fraction of sp³-hybridized carbons (Fsp3) is 0.500. The number of H-pyrrole nitrogens is 1. The van der Waals surface area contributed by atoms with Crippen LogP contribution in [0.4, 0.5) is 0 Å². The van der Waals surface area contributed by atoms with Gasteiger partial charge in [0.1, 0.15) is 11.6 Å². The first-order chi connectivity index (χ1) is 12.6. The largest absolute Gasteiger partial charge is 0.497 e. The number of fused-ring (bicyclic) bond motifs is 3. The fourth-order valence-corrected chi connectivity index (χ4v) is 4.37. The van der Waals surface area contributed by atoms with E-state index in [9.17, 15) is 4.79 Å². The van der Waals surface area contributed by atoms with Gasteiger partial charge in [0.15, 0.2) is 0 Å². The van der Waals surface area contributed by atoms with E-state index in [1.165, 1.54) is 0 Å². The molecule has 1 heterocycles. The van der Waals surface area contributed by atoms with Gasteiger partial charge in [-0.05, 0) is 37.3 Å². The first-order valence-electron chi connectivity index (χ1n) is 9.36. The molecule has 26 heavy (non-hydrogen) atoms. The van der Waals surface area contributed by atoms with Crippen molar-refractivity contribution in [2.24, 2.45) is 23.5 Å². The Morgan fingerprint density at radius 1 is 1.38 bits per heavy atom. The number of nitrogens with one attached hydrogen (secondary N) is 1. The van der Waals surface area contributed by atoms with E-state index in [0.29, 0.717) is 31.3 Å². The molecule has 0 unspecified atom stereocenters. The number of hydrogen-bond acceptors (Lipinski definition) is 4. The van der Waals surface area contributed by atoms with Gasteiger partial charge >= 0.3 is 0 Å². The molecule has 1 aromatic carbocycles. The highest BCUT2D eigenvalue weighted by atomic mass is 16.5. The second-order valence-electron chi connectivity index (χ2n) is 7.29. The number of carbonyl (C=O) groups excluding carboxylic acids is 1.